The number of nitrogen functional groups attached to an aromatic ring is 1. The Morgan fingerprint density at radius 3 is 2.50 bits per heavy atom. The summed E-state index contributed by atoms with van der Waals surface area (Å²) < 4.78 is 1.72. The van der Waals surface area contributed by atoms with E-state index < -0.39 is 0 Å². The molecule has 2 aromatic rings. The topological polar surface area (TPSA) is 47.1 Å². The SMILES string of the molecule is CN1CC(c2ccccc2-c2cnn(C)c2N)C1. The summed E-state index contributed by atoms with van der Waals surface area (Å²) >= 11 is 0. The number of aryl methyl sites for hydroxylation is 1. The van der Waals surface area contributed by atoms with Gasteiger partial charge in [0.05, 0.1) is 6.20 Å². The van der Waals surface area contributed by atoms with E-state index in [-0.39, 0.29) is 0 Å². The Labute approximate surface area is 107 Å². The van der Waals surface area contributed by atoms with Crippen LogP contribution in [0.2, 0.25) is 0 Å². The number of hydrogen-bond acceptors (Lipinski definition) is 3. The molecule has 0 spiro atoms. The maximum absolute atomic E-state index is 6.08. The quantitative estimate of drug-likeness (QED) is 0.872. The van der Waals surface area contributed by atoms with E-state index in [1.807, 2.05) is 13.2 Å². The van der Waals surface area contributed by atoms with Gasteiger partial charge in [0.2, 0.25) is 0 Å². The fourth-order valence-electron chi connectivity index (χ4n) is 2.65. The third-order valence-corrected chi connectivity index (χ3v) is 3.74. The van der Waals surface area contributed by atoms with E-state index >= 15 is 0 Å². The van der Waals surface area contributed by atoms with E-state index in [4.69, 9.17) is 5.73 Å². The van der Waals surface area contributed by atoms with Gasteiger partial charge < -0.3 is 10.6 Å². The lowest BCUT2D eigenvalue weighted by molar-refractivity contribution is 0.190. The number of hydrogen-bond donors (Lipinski definition) is 1. The van der Waals surface area contributed by atoms with Crippen molar-refractivity contribution in [3.63, 3.8) is 0 Å². The summed E-state index contributed by atoms with van der Waals surface area (Å²) in [5.74, 6) is 1.35. The molecule has 2 heterocycles. The Hall–Kier alpha value is -1.81. The normalized spacial score (nSPS) is 16.8. The van der Waals surface area contributed by atoms with Crippen LogP contribution in [0.25, 0.3) is 11.1 Å². The fraction of sp³-hybridized carbons (Fsp3) is 0.357. The van der Waals surface area contributed by atoms with Gasteiger partial charge in [0.1, 0.15) is 5.82 Å². The summed E-state index contributed by atoms with van der Waals surface area (Å²) in [5, 5.41) is 4.23. The van der Waals surface area contributed by atoms with Crippen LogP contribution in [0.1, 0.15) is 11.5 Å². The number of rotatable bonds is 2. The summed E-state index contributed by atoms with van der Waals surface area (Å²) in [6.07, 6.45) is 1.86. The van der Waals surface area contributed by atoms with E-state index in [2.05, 4.69) is 41.3 Å². The predicted octanol–water partition coefficient (Wildman–Crippen LogP) is 1.70. The maximum atomic E-state index is 6.08. The van der Waals surface area contributed by atoms with Gasteiger partial charge in [0.25, 0.3) is 0 Å². The Morgan fingerprint density at radius 2 is 1.89 bits per heavy atom. The van der Waals surface area contributed by atoms with Crippen LogP contribution >= 0.6 is 0 Å². The number of benzene rings is 1. The van der Waals surface area contributed by atoms with Gasteiger partial charge in [0, 0.05) is 31.6 Å². The van der Waals surface area contributed by atoms with Crippen molar-refractivity contribution in [2.45, 2.75) is 5.92 Å². The van der Waals surface area contributed by atoms with Crippen LogP contribution in [0.3, 0.4) is 0 Å². The maximum Gasteiger partial charge on any atom is 0.129 e. The molecule has 1 fully saturated rings. The van der Waals surface area contributed by atoms with E-state index in [0.29, 0.717) is 5.92 Å². The van der Waals surface area contributed by atoms with Crippen LogP contribution in [0.5, 0.6) is 0 Å². The predicted molar refractivity (Wildman–Crippen MR) is 73.3 cm³/mol. The lowest BCUT2D eigenvalue weighted by atomic mass is 9.86. The van der Waals surface area contributed by atoms with Gasteiger partial charge in [-0.15, -0.1) is 0 Å². The molecule has 18 heavy (non-hydrogen) atoms. The molecule has 3 rings (SSSR count). The molecule has 0 atom stereocenters. The van der Waals surface area contributed by atoms with Crippen molar-refractivity contribution in [1.82, 2.24) is 14.7 Å². The second-order valence-corrected chi connectivity index (χ2v) is 5.07. The van der Waals surface area contributed by atoms with Crippen LogP contribution in [0.15, 0.2) is 30.5 Å². The summed E-state index contributed by atoms with van der Waals surface area (Å²) in [5.41, 5.74) is 9.73. The van der Waals surface area contributed by atoms with Gasteiger partial charge >= 0.3 is 0 Å². The first-order valence-electron chi connectivity index (χ1n) is 6.22. The Balaban J connectivity index is 2.04. The largest absolute Gasteiger partial charge is 0.383 e. The van der Waals surface area contributed by atoms with Crippen molar-refractivity contribution in [3.8, 4) is 11.1 Å². The summed E-state index contributed by atoms with van der Waals surface area (Å²) in [6, 6.07) is 8.51. The molecule has 0 saturated carbocycles. The van der Waals surface area contributed by atoms with Gasteiger partial charge in [-0.1, -0.05) is 24.3 Å². The smallest absolute Gasteiger partial charge is 0.129 e. The lowest BCUT2D eigenvalue weighted by Gasteiger charge is -2.37. The van der Waals surface area contributed by atoms with Crippen molar-refractivity contribution in [3.05, 3.63) is 36.0 Å². The van der Waals surface area contributed by atoms with E-state index in [1.54, 1.807) is 4.68 Å². The van der Waals surface area contributed by atoms with Gasteiger partial charge in [0.15, 0.2) is 0 Å². The Kier molecular flexibility index (Phi) is 2.59. The van der Waals surface area contributed by atoms with Gasteiger partial charge in [-0.2, -0.15) is 5.10 Å². The van der Waals surface area contributed by atoms with Gasteiger partial charge in [-0.25, -0.2) is 0 Å². The zero-order valence-electron chi connectivity index (χ0n) is 10.8. The van der Waals surface area contributed by atoms with Gasteiger partial charge in [-0.3, -0.25) is 4.68 Å². The molecule has 0 unspecified atom stereocenters. The zero-order chi connectivity index (χ0) is 12.7. The molecule has 0 bridgehead atoms. The third kappa shape index (κ3) is 1.69. The zero-order valence-corrected chi connectivity index (χ0v) is 10.8. The highest BCUT2D eigenvalue weighted by atomic mass is 15.3. The number of anilines is 1. The number of nitrogens with two attached hydrogens (primary N) is 1. The number of nitrogens with zero attached hydrogens (tertiary/aromatic N) is 3. The molecular formula is C14H18N4. The highest BCUT2D eigenvalue weighted by Crippen LogP contribution is 2.35. The average molecular weight is 242 g/mol. The monoisotopic (exact) mass is 242 g/mol. The number of likely N-dealkylation sites (N-methyl/N-ethyl adjacent to an activating group) is 1. The van der Waals surface area contributed by atoms with Crippen molar-refractivity contribution in [2.24, 2.45) is 7.05 Å². The highest BCUT2D eigenvalue weighted by Gasteiger charge is 2.27. The van der Waals surface area contributed by atoms with Crippen molar-refractivity contribution < 1.29 is 0 Å². The first kappa shape index (κ1) is 11.3. The lowest BCUT2D eigenvalue weighted by Crippen LogP contribution is -2.41. The van der Waals surface area contributed by atoms with Crippen LogP contribution in [0.4, 0.5) is 5.82 Å². The van der Waals surface area contributed by atoms with E-state index in [9.17, 15) is 0 Å². The first-order valence-corrected chi connectivity index (χ1v) is 6.22. The fourth-order valence-corrected chi connectivity index (χ4v) is 2.65. The summed E-state index contributed by atoms with van der Waals surface area (Å²) in [6.45, 7) is 2.24. The van der Waals surface area contributed by atoms with Crippen molar-refractivity contribution in [2.75, 3.05) is 25.9 Å². The van der Waals surface area contributed by atoms with Crippen LogP contribution in [-0.4, -0.2) is 34.8 Å². The minimum Gasteiger partial charge on any atom is -0.383 e. The first-order chi connectivity index (χ1) is 8.66. The molecule has 2 N–H and O–H groups in total. The van der Waals surface area contributed by atoms with Crippen LogP contribution in [0, 0.1) is 0 Å². The molecule has 1 aliphatic heterocycles. The minimum absolute atomic E-state index is 0.616. The second kappa shape index (κ2) is 4.14. The Bertz CT molecular complexity index is 567. The molecule has 0 aliphatic carbocycles. The van der Waals surface area contributed by atoms with Crippen molar-refractivity contribution >= 4 is 5.82 Å². The van der Waals surface area contributed by atoms with E-state index in [0.717, 1.165) is 24.5 Å². The Morgan fingerprint density at radius 1 is 1.17 bits per heavy atom. The molecular weight excluding hydrogens is 224 g/mol. The molecule has 1 aromatic carbocycles. The highest BCUT2D eigenvalue weighted by molar-refractivity contribution is 5.76. The third-order valence-electron chi connectivity index (χ3n) is 3.74. The molecule has 94 valence electrons. The van der Waals surface area contributed by atoms with Gasteiger partial charge in [-0.05, 0) is 18.2 Å². The molecule has 4 nitrogen and oxygen atoms in total. The van der Waals surface area contributed by atoms with Crippen LogP contribution < -0.4 is 5.73 Å². The van der Waals surface area contributed by atoms with E-state index in [1.165, 1.54) is 11.1 Å². The molecule has 0 radical (unpaired) electrons. The van der Waals surface area contributed by atoms with Crippen molar-refractivity contribution in [1.29, 1.82) is 0 Å². The molecule has 0 amide bonds. The number of likely N-dealkylation sites (tertiary alicyclic amines) is 1. The summed E-state index contributed by atoms with van der Waals surface area (Å²) in [4.78, 5) is 2.33. The standard InChI is InChI=1S/C14H18N4/c1-17-8-10(9-17)11-5-3-4-6-12(11)13-7-16-18(2)14(13)15/h3-7,10H,8-9,15H2,1-2H3. The molecule has 1 aromatic heterocycles. The van der Waals surface area contributed by atoms with Crippen LogP contribution in [-0.2, 0) is 7.05 Å². The number of aromatic nitrogens is 2. The minimum atomic E-state index is 0.616. The molecule has 4 heteroatoms. The summed E-state index contributed by atoms with van der Waals surface area (Å²) in [7, 11) is 4.02. The average Bonchev–Trinajstić information content (AvgIpc) is 2.66. The molecule has 1 aliphatic rings. The second-order valence-electron chi connectivity index (χ2n) is 5.07. The molecule has 1 saturated heterocycles.